The number of thiophene rings is 1. The third kappa shape index (κ3) is 2.28. The van der Waals surface area contributed by atoms with Gasteiger partial charge in [-0.2, -0.15) is 0 Å². The molecule has 0 aliphatic carbocycles. The van der Waals surface area contributed by atoms with Crippen molar-refractivity contribution in [2.75, 3.05) is 0 Å². The first-order chi connectivity index (χ1) is 11.6. The van der Waals surface area contributed by atoms with Crippen LogP contribution in [-0.4, -0.2) is 25.7 Å². The molecule has 0 saturated carbocycles. The fourth-order valence-electron chi connectivity index (χ4n) is 2.63. The number of para-hydroxylation sites is 2. The van der Waals surface area contributed by atoms with Crippen molar-refractivity contribution < 1.29 is 4.79 Å². The Morgan fingerprint density at radius 2 is 2.12 bits per heavy atom. The number of carbonyl (C=O) groups excluding carboxylic acids is 1. The Labute approximate surface area is 139 Å². The summed E-state index contributed by atoms with van der Waals surface area (Å²) in [6.45, 7) is 1.88. The molecule has 3 heterocycles. The average Bonchev–Trinajstić information content (AvgIpc) is 3.25. The summed E-state index contributed by atoms with van der Waals surface area (Å²) in [5.41, 5.74) is 1.09. The van der Waals surface area contributed by atoms with Crippen LogP contribution < -0.4 is 10.9 Å². The molecule has 0 fully saturated rings. The summed E-state index contributed by atoms with van der Waals surface area (Å²) in [5, 5.41) is 12.7. The van der Waals surface area contributed by atoms with Gasteiger partial charge in [0, 0.05) is 4.88 Å². The molecule has 8 heteroatoms. The predicted molar refractivity (Wildman–Crippen MR) is 91.3 cm³/mol. The van der Waals surface area contributed by atoms with Gasteiger partial charge in [0.05, 0.1) is 17.1 Å². The third-order valence-corrected chi connectivity index (χ3v) is 4.85. The Kier molecular flexibility index (Phi) is 3.39. The molecule has 0 radical (unpaired) electrons. The molecule has 4 aromatic rings. The van der Waals surface area contributed by atoms with Gasteiger partial charge in [0.25, 0.3) is 11.5 Å². The van der Waals surface area contributed by atoms with Gasteiger partial charge in [0.2, 0.25) is 0 Å². The van der Waals surface area contributed by atoms with E-state index in [4.69, 9.17) is 0 Å². The molecule has 0 unspecified atom stereocenters. The van der Waals surface area contributed by atoms with Crippen LogP contribution in [0.25, 0.3) is 16.6 Å². The van der Waals surface area contributed by atoms with Crippen LogP contribution in [0.5, 0.6) is 0 Å². The van der Waals surface area contributed by atoms with Gasteiger partial charge in [-0.1, -0.05) is 23.4 Å². The first-order valence-corrected chi connectivity index (χ1v) is 8.24. The van der Waals surface area contributed by atoms with Crippen molar-refractivity contribution >= 4 is 33.8 Å². The Morgan fingerprint density at radius 3 is 2.92 bits per heavy atom. The molecule has 0 aliphatic heterocycles. The smallest absolute Gasteiger partial charge is 0.277 e. The molecule has 4 rings (SSSR count). The fraction of sp³-hybridized carbons (Fsp3) is 0.125. The van der Waals surface area contributed by atoms with E-state index in [-0.39, 0.29) is 17.3 Å². The van der Waals surface area contributed by atoms with E-state index in [9.17, 15) is 9.59 Å². The molecule has 1 amide bonds. The summed E-state index contributed by atoms with van der Waals surface area (Å²) in [4.78, 5) is 28.7. The minimum absolute atomic E-state index is 0.0189. The van der Waals surface area contributed by atoms with Gasteiger partial charge in [0.15, 0.2) is 11.2 Å². The second-order valence-electron chi connectivity index (χ2n) is 5.38. The Balaban J connectivity index is 1.78. The number of hydrogen-bond donors (Lipinski definition) is 2. The third-order valence-electron chi connectivity index (χ3n) is 3.80. The lowest BCUT2D eigenvalue weighted by atomic mass is 10.2. The second-order valence-corrected chi connectivity index (χ2v) is 6.36. The number of amides is 1. The molecular formula is C16H13N5O2S. The van der Waals surface area contributed by atoms with Crippen LogP contribution in [0.4, 0.5) is 0 Å². The van der Waals surface area contributed by atoms with Gasteiger partial charge in [0.1, 0.15) is 0 Å². The van der Waals surface area contributed by atoms with E-state index < -0.39 is 11.5 Å². The summed E-state index contributed by atoms with van der Waals surface area (Å²) in [7, 11) is 0. The first-order valence-electron chi connectivity index (χ1n) is 7.36. The van der Waals surface area contributed by atoms with Gasteiger partial charge in [-0.3, -0.25) is 9.59 Å². The average molecular weight is 339 g/mol. The van der Waals surface area contributed by atoms with Crippen LogP contribution in [0.15, 0.2) is 46.6 Å². The van der Waals surface area contributed by atoms with E-state index in [0.29, 0.717) is 11.0 Å². The van der Waals surface area contributed by atoms with Gasteiger partial charge < -0.3 is 10.3 Å². The number of fused-ring (bicyclic) bond motifs is 3. The zero-order chi connectivity index (χ0) is 16.7. The summed E-state index contributed by atoms with van der Waals surface area (Å²) in [5.74, 6) is -0.424. The van der Waals surface area contributed by atoms with E-state index >= 15 is 0 Å². The van der Waals surface area contributed by atoms with Gasteiger partial charge in [-0.05, 0) is 30.5 Å². The van der Waals surface area contributed by atoms with Crippen LogP contribution in [0, 0.1) is 0 Å². The normalized spacial score (nSPS) is 12.5. The zero-order valence-electron chi connectivity index (χ0n) is 12.7. The van der Waals surface area contributed by atoms with E-state index in [2.05, 4.69) is 20.6 Å². The standard InChI is InChI=1S/C16H13N5O2S/c1-9(12-7-4-8-24-12)17-15(22)13-14-16(23)18-10-5-2-3-6-11(10)21(14)20-19-13/h2-9H,1H3,(H,17,22)(H,18,23)/t9-/m0/s1. The molecule has 7 nitrogen and oxygen atoms in total. The minimum atomic E-state index is -0.424. The number of nitrogens with one attached hydrogen (secondary N) is 2. The van der Waals surface area contributed by atoms with Crippen molar-refractivity contribution in [2.24, 2.45) is 0 Å². The molecule has 0 bridgehead atoms. The number of H-pyrrole nitrogens is 1. The Morgan fingerprint density at radius 1 is 1.29 bits per heavy atom. The number of aromatic nitrogens is 4. The lowest BCUT2D eigenvalue weighted by Gasteiger charge is -2.10. The second kappa shape index (κ2) is 5.57. The largest absolute Gasteiger partial charge is 0.343 e. The molecule has 1 atom stereocenters. The quantitative estimate of drug-likeness (QED) is 0.598. The van der Waals surface area contributed by atoms with Gasteiger partial charge in [-0.25, -0.2) is 4.52 Å². The van der Waals surface area contributed by atoms with Crippen LogP contribution in [0.2, 0.25) is 0 Å². The number of hydrogen-bond acceptors (Lipinski definition) is 5. The summed E-state index contributed by atoms with van der Waals surface area (Å²) < 4.78 is 1.40. The number of carbonyl (C=O) groups is 1. The SMILES string of the molecule is C[C@H](NC(=O)c1nnn2c1c(=O)[nH]c1ccccc12)c1cccs1. The van der Waals surface area contributed by atoms with Crippen molar-refractivity contribution in [1.82, 2.24) is 25.1 Å². The highest BCUT2D eigenvalue weighted by atomic mass is 32.1. The maximum atomic E-state index is 12.5. The van der Waals surface area contributed by atoms with Crippen molar-refractivity contribution in [2.45, 2.75) is 13.0 Å². The molecule has 0 saturated heterocycles. The summed E-state index contributed by atoms with van der Waals surface area (Å²) in [6.07, 6.45) is 0. The van der Waals surface area contributed by atoms with E-state index in [1.807, 2.05) is 42.6 Å². The highest BCUT2D eigenvalue weighted by Gasteiger charge is 2.21. The zero-order valence-corrected chi connectivity index (χ0v) is 13.5. The number of nitrogens with zero attached hydrogens (tertiary/aromatic N) is 3. The van der Waals surface area contributed by atoms with Crippen LogP contribution >= 0.6 is 11.3 Å². The Bertz CT molecular complexity index is 1100. The lowest BCUT2D eigenvalue weighted by molar-refractivity contribution is 0.0937. The van der Waals surface area contributed by atoms with Crippen molar-refractivity contribution in [3.8, 4) is 0 Å². The molecule has 1 aromatic carbocycles. The molecule has 24 heavy (non-hydrogen) atoms. The molecule has 3 aromatic heterocycles. The van der Waals surface area contributed by atoms with Gasteiger partial charge >= 0.3 is 0 Å². The maximum Gasteiger partial charge on any atom is 0.277 e. The monoisotopic (exact) mass is 339 g/mol. The summed E-state index contributed by atoms with van der Waals surface area (Å²) in [6, 6.07) is 10.9. The predicted octanol–water partition coefficient (Wildman–Crippen LogP) is 2.12. The van der Waals surface area contributed by atoms with Crippen molar-refractivity contribution in [1.29, 1.82) is 0 Å². The number of benzene rings is 1. The van der Waals surface area contributed by atoms with Crippen molar-refractivity contribution in [3.05, 3.63) is 62.7 Å². The van der Waals surface area contributed by atoms with Crippen molar-refractivity contribution in [3.63, 3.8) is 0 Å². The number of rotatable bonds is 3. The fourth-order valence-corrected chi connectivity index (χ4v) is 3.36. The highest BCUT2D eigenvalue weighted by molar-refractivity contribution is 7.10. The van der Waals surface area contributed by atoms with Crippen LogP contribution in [0.3, 0.4) is 0 Å². The molecular weight excluding hydrogens is 326 g/mol. The molecule has 0 aliphatic rings. The van der Waals surface area contributed by atoms with Crippen LogP contribution in [0.1, 0.15) is 28.3 Å². The minimum Gasteiger partial charge on any atom is -0.343 e. The van der Waals surface area contributed by atoms with E-state index in [1.165, 1.54) is 4.52 Å². The molecule has 120 valence electrons. The maximum absolute atomic E-state index is 12.5. The molecule has 2 N–H and O–H groups in total. The van der Waals surface area contributed by atoms with Gasteiger partial charge in [-0.15, -0.1) is 16.4 Å². The lowest BCUT2D eigenvalue weighted by Crippen LogP contribution is -2.27. The highest BCUT2D eigenvalue weighted by Crippen LogP contribution is 2.19. The van der Waals surface area contributed by atoms with E-state index in [0.717, 1.165) is 4.88 Å². The van der Waals surface area contributed by atoms with E-state index in [1.54, 1.807) is 17.4 Å². The molecule has 0 spiro atoms. The number of aromatic amines is 1. The van der Waals surface area contributed by atoms with Crippen LogP contribution in [-0.2, 0) is 0 Å². The summed E-state index contributed by atoms with van der Waals surface area (Å²) >= 11 is 1.56. The first kappa shape index (κ1) is 14.6. The Hall–Kier alpha value is -3.00. The topological polar surface area (TPSA) is 92.2 Å².